The molecule has 0 unspecified atom stereocenters. The number of aryl methyl sites for hydroxylation is 1. The highest BCUT2D eigenvalue weighted by molar-refractivity contribution is 5.30. The van der Waals surface area contributed by atoms with Crippen molar-refractivity contribution in [1.29, 1.82) is 0 Å². The molecule has 0 amide bonds. The van der Waals surface area contributed by atoms with Crippen LogP contribution in [0.4, 0.5) is 0 Å². The van der Waals surface area contributed by atoms with E-state index in [9.17, 15) is 0 Å². The minimum Gasteiger partial charge on any atom is -0.497 e. The van der Waals surface area contributed by atoms with Gasteiger partial charge in [0.05, 0.1) is 13.7 Å². The zero-order valence-corrected chi connectivity index (χ0v) is 14.0. The Morgan fingerprint density at radius 1 is 1.35 bits per heavy atom. The molecule has 2 heterocycles. The van der Waals surface area contributed by atoms with Crippen molar-refractivity contribution in [3.05, 3.63) is 41.5 Å². The molecule has 1 aliphatic rings. The Bertz CT molecular complexity index is 626. The molecule has 1 saturated heterocycles. The van der Waals surface area contributed by atoms with Crippen LogP contribution in [0, 0.1) is 0 Å². The summed E-state index contributed by atoms with van der Waals surface area (Å²) in [5.74, 6) is 2.46. The van der Waals surface area contributed by atoms with Crippen LogP contribution < -0.4 is 4.74 Å². The molecule has 0 aliphatic carbocycles. The standard InChI is InChI=1S/C18H25N3O2/c1-3-7-17-19-18(23-20-17)13-21-11-5-4-10-16(21)14-8-6-9-15(12-14)22-2/h6,8-9,12,16H,3-5,7,10-11,13H2,1-2H3/t16-/m0/s1. The largest absolute Gasteiger partial charge is 0.497 e. The maximum absolute atomic E-state index is 5.42. The molecule has 2 aromatic rings. The lowest BCUT2D eigenvalue weighted by atomic mass is 9.95. The van der Waals surface area contributed by atoms with Crippen molar-refractivity contribution < 1.29 is 9.26 Å². The lowest BCUT2D eigenvalue weighted by Gasteiger charge is -2.35. The second kappa shape index (κ2) is 7.59. The molecule has 0 radical (unpaired) electrons. The summed E-state index contributed by atoms with van der Waals surface area (Å²) in [6.07, 6.45) is 5.54. The number of aromatic nitrogens is 2. The third kappa shape index (κ3) is 3.91. The SMILES string of the molecule is CCCc1noc(CN2CCCC[C@H]2c2cccc(OC)c2)n1. The number of nitrogens with zero attached hydrogens (tertiary/aromatic N) is 3. The summed E-state index contributed by atoms with van der Waals surface area (Å²) in [4.78, 5) is 6.96. The summed E-state index contributed by atoms with van der Waals surface area (Å²) >= 11 is 0. The van der Waals surface area contributed by atoms with E-state index in [0.717, 1.165) is 49.8 Å². The van der Waals surface area contributed by atoms with E-state index >= 15 is 0 Å². The van der Waals surface area contributed by atoms with Crippen LogP contribution >= 0.6 is 0 Å². The fraction of sp³-hybridized carbons (Fsp3) is 0.556. The highest BCUT2D eigenvalue weighted by Gasteiger charge is 2.26. The van der Waals surface area contributed by atoms with Crippen molar-refractivity contribution in [2.24, 2.45) is 0 Å². The normalized spacial score (nSPS) is 19.0. The first-order valence-electron chi connectivity index (χ1n) is 8.49. The average Bonchev–Trinajstić information content (AvgIpc) is 3.03. The summed E-state index contributed by atoms with van der Waals surface area (Å²) in [5.41, 5.74) is 1.30. The lowest BCUT2D eigenvalue weighted by molar-refractivity contribution is 0.123. The third-order valence-electron chi connectivity index (χ3n) is 4.41. The molecule has 0 saturated carbocycles. The van der Waals surface area contributed by atoms with Crippen LogP contribution in [0.3, 0.4) is 0 Å². The van der Waals surface area contributed by atoms with Crippen molar-refractivity contribution in [2.45, 2.75) is 51.6 Å². The zero-order valence-electron chi connectivity index (χ0n) is 14.0. The first-order chi connectivity index (χ1) is 11.3. The Hall–Kier alpha value is -1.88. The molecule has 1 aliphatic heterocycles. The van der Waals surface area contributed by atoms with Gasteiger partial charge >= 0.3 is 0 Å². The van der Waals surface area contributed by atoms with Crippen LogP contribution in [0.15, 0.2) is 28.8 Å². The van der Waals surface area contributed by atoms with Gasteiger partial charge in [-0.25, -0.2) is 0 Å². The topological polar surface area (TPSA) is 51.4 Å². The van der Waals surface area contributed by atoms with E-state index in [4.69, 9.17) is 9.26 Å². The second-order valence-corrected chi connectivity index (χ2v) is 6.11. The van der Waals surface area contributed by atoms with E-state index in [2.05, 4.69) is 40.2 Å². The Morgan fingerprint density at radius 3 is 3.09 bits per heavy atom. The molecular weight excluding hydrogens is 290 g/mol. The van der Waals surface area contributed by atoms with Crippen LogP contribution in [0.25, 0.3) is 0 Å². The minimum atomic E-state index is 0.389. The molecule has 0 N–H and O–H groups in total. The van der Waals surface area contributed by atoms with Gasteiger partial charge in [-0.05, 0) is 43.5 Å². The molecule has 1 atom stereocenters. The predicted molar refractivity (Wildman–Crippen MR) is 88.3 cm³/mol. The molecular formula is C18H25N3O2. The van der Waals surface area contributed by atoms with Gasteiger partial charge in [-0.2, -0.15) is 4.98 Å². The van der Waals surface area contributed by atoms with Crippen molar-refractivity contribution in [3.8, 4) is 5.75 Å². The molecule has 0 spiro atoms. The van der Waals surface area contributed by atoms with Crippen LogP contribution in [0.5, 0.6) is 5.75 Å². The predicted octanol–water partition coefficient (Wildman–Crippen LogP) is 3.76. The van der Waals surface area contributed by atoms with Gasteiger partial charge < -0.3 is 9.26 Å². The lowest BCUT2D eigenvalue weighted by Crippen LogP contribution is -2.33. The summed E-state index contributed by atoms with van der Waals surface area (Å²) < 4.78 is 10.8. The summed E-state index contributed by atoms with van der Waals surface area (Å²) in [6.45, 7) is 3.91. The van der Waals surface area contributed by atoms with Gasteiger partial charge in [0.2, 0.25) is 5.89 Å². The van der Waals surface area contributed by atoms with Crippen LogP contribution in [-0.4, -0.2) is 28.7 Å². The average molecular weight is 315 g/mol. The van der Waals surface area contributed by atoms with Crippen molar-refractivity contribution in [1.82, 2.24) is 15.0 Å². The number of likely N-dealkylation sites (tertiary alicyclic amines) is 1. The maximum atomic E-state index is 5.42. The van der Waals surface area contributed by atoms with Gasteiger partial charge in [-0.3, -0.25) is 4.90 Å². The van der Waals surface area contributed by atoms with Gasteiger partial charge in [0, 0.05) is 12.5 Å². The summed E-state index contributed by atoms with van der Waals surface area (Å²) in [7, 11) is 1.71. The van der Waals surface area contributed by atoms with E-state index < -0.39 is 0 Å². The van der Waals surface area contributed by atoms with Crippen LogP contribution in [0.1, 0.15) is 55.9 Å². The molecule has 1 fully saturated rings. The van der Waals surface area contributed by atoms with Gasteiger partial charge in [-0.1, -0.05) is 30.6 Å². The molecule has 5 nitrogen and oxygen atoms in total. The molecule has 124 valence electrons. The first-order valence-corrected chi connectivity index (χ1v) is 8.49. The number of ether oxygens (including phenoxy) is 1. The van der Waals surface area contributed by atoms with E-state index in [1.54, 1.807) is 7.11 Å². The van der Waals surface area contributed by atoms with Gasteiger partial charge in [0.1, 0.15) is 5.75 Å². The van der Waals surface area contributed by atoms with Gasteiger partial charge in [-0.15, -0.1) is 0 Å². The Morgan fingerprint density at radius 2 is 2.26 bits per heavy atom. The smallest absolute Gasteiger partial charge is 0.240 e. The fourth-order valence-electron chi connectivity index (χ4n) is 3.26. The zero-order chi connectivity index (χ0) is 16.1. The number of piperidine rings is 1. The molecule has 1 aromatic carbocycles. The fourth-order valence-corrected chi connectivity index (χ4v) is 3.26. The molecule has 3 rings (SSSR count). The van der Waals surface area contributed by atoms with Crippen LogP contribution in [0.2, 0.25) is 0 Å². The number of hydrogen-bond donors (Lipinski definition) is 0. The van der Waals surface area contributed by atoms with E-state index in [0.29, 0.717) is 6.04 Å². The van der Waals surface area contributed by atoms with Crippen molar-refractivity contribution in [2.75, 3.05) is 13.7 Å². The van der Waals surface area contributed by atoms with Crippen LogP contribution in [-0.2, 0) is 13.0 Å². The molecule has 23 heavy (non-hydrogen) atoms. The highest BCUT2D eigenvalue weighted by atomic mass is 16.5. The van der Waals surface area contributed by atoms with Crippen molar-refractivity contribution in [3.63, 3.8) is 0 Å². The molecule has 0 bridgehead atoms. The summed E-state index contributed by atoms with van der Waals surface area (Å²) in [6, 6.07) is 8.76. The second-order valence-electron chi connectivity index (χ2n) is 6.11. The number of benzene rings is 1. The monoisotopic (exact) mass is 315 g/mol. The Kier molecular flexibility index (Phi) is 5.28. The molecule has 5 heteroatoms. The van der Waals surface area contributed by atoms with E-state index in [1.807, 2.05) is 6.07 Å². The van der Waals surface area contributed by atoms with E-state index in [1.165, 1.54) is 18.4 Å². The Labute approximate surface area is 137 Å². The number of hydrogen-bond acceptors (Lipinski definition) is 5. The maximum Gasteiger partial charge on any atom is 0.240 e. The first kappa shape index (κ1) is 16.0. The van der Waals surface area contributed by atoms with Gasteiger partial charge in [0.25, 0.3) is 0 Å². The number of rotatable bonds is 6. The molecule has 1 aromatic heterocycles. The quantitative estimate of drug-likeness (QED) is 0.812. The summed E-state index contributed by atoms with van der Waals surface area (Å²) in [5, 5.41) is 4.06. The Balaban J connectivity index is 1.75. The van der Waals surface area contributed by atoms with Crippen molar-refractivity contribution >= 4 is 0 Å². The van der Waals surface area contributed by atoms with Gasteiger partial charge in [0.15, 0.2) is 5.82 Å². The number of methoxy groups -OCH3 is 1. The third-order valence-corrected chi connectivity index (χ3v) is 4.41. The minimum absolute atomic E-state index is 0.389. The highest BCUT2D eigenvalue weighted by Crippen LogP contribution is 2.33. The van der Waals surface area contributed by atoms with E-state index in [-0.39, 0.29) is 0 Å².